The third-order valence-corrected chi connectivity index (χ3v) is 6.73. The van der Waals surface area contributed by atoms with Crippen molar-refractivity contribution in [2.75, 3.05) is 12.4 Å². The first-order valence-electron chi connectivity index (χ1n) is 10.7. The molecule has 3 aromatic carbocycles. The Balaban J connectivity index is 1.79. The predicted molar refractivity (Wildman–Crippen MR) is 135 cm³/mol. The molecule has 0 atom stereocenters. The van der Waals surface area contributed by atoms with Crippen LogP contribution in [0.2, 0.25) is 0 Å². The number of azo groups is 1. The molecule has 4 aromatic rings. The van der Waals surface area contributed by atoms with Gasteiger partial charge in [-0.3, -0.25) is 4.79 Å². The van der Waals surface area contributed by atoms with E-state index in [4.69, 9.17) is 0 Å². The molecule has 1 heterocycles. The Morgan fingerprint density at radius 1 is 1.03 bits per heavy atom. The summed E-state index contributed by atoms with van der Waals surface area (Å²) in [6, 6.07) is 16.7. The minimum absolute atomic E-state index is 0.151. The highest BCUT2D eigenvalue weighted by Gasteiger charge is 2.19. The van der Waals surface area contributed by atoms with Gasteiger partial charge in [-0.25, -0.2) is 0 Å². The van der Waals surface area contributed by atoms with Crippen molar-refractivity contribution in [3.63, 3.8) is 0 Å². The molecule has 3 N–H and O–H groups in total. The summed E-state index contributed by atoms with van der Waals surface area (Å²) in [4.78, 5) is 14.2. The van der Waals surface area contributed by atoms with Crippen LogP contribution in [0.5, 0.6) is 5.75 Å². The van der Waals surface area contributed by atoms with Crippen LogP contribution in [0.1, 0.15) is 31.9 Å². The topological polar surface area (TPSA) is 86.1 Å². The van der Waals surface area contributed by atoms with Crippen molar-refractivity contribution < 1.29 is 9.90 Å². The predicted octanol–water partition coefficient (Wildman–Crippen LogP) is 6.92. The Labute approximate surface area is 197 Å². The van der Waals surface area contributed by atoms with Gasteiger partial charge in [0.15, 0.2) is 5.75 Å². The molecule has 0 aliphatic rings. The molecule has 0 aliphatic carbocycles. The monoisotopic (exact) mass is 458 g/mol. The van der Waals surface area contributed by atoms with Crippen LogP contribution >= 0.6 is 11.3 Å². The number of aromatic hydroxyl groups is 1. The first-order chi connectivity index (χ1) is 15.9. The smallest absolute Gasteiger partial charge is 0.259 e. The number of nitrogens with zero attached hydrogens (tertiary/aromatic N) is 2. The van der Waals surface area contributed by atoms with Gasteiger partial charge in [0, 0.05) is 28.1 Å². The molecule has 33 heavy (non-hydrogen) atoms. The fraction of sp³-hybridized carbons (Fsp3) is 0.192. The highest BCUT2D eigenvalue weighted by Crippen LogP contribution is 2.41. The van der Waals surface area contributed by atoms with E-state index in [1.54, 1.807) is 17.4 Å². The van der Waals surface area contributed by atoms with E-state index in [1.165, 1.54) is 10.4 Å². The minimum Gasteiger partial charge on any atom is -0.505 e. The third kappa shape index (κ3) is 4.65. The van der Waals surface area contributed by atoms with Gasteiger partial charge in [0.05, 0.1) is 5.56 Å². The molecular weight excluding hydrogens is 432 g/mol. The van der Waals surface area contributed by atoms with E-state index in [-0.39, 0.29) is 17.0 Å². The van der Waals surface area contributed by atoms with Crippen LogP contribution in [0, 0.1) is 20.8 Å². The van der Waals surface area contributed by atoms with Crippen LogP contribution in [-0.4, -0.2) is 18.1 Å². The number of hydrogen-bond donors (Lipinski definition) is 3. The number of anilines is 1. The van der Waals surface area contributed by atoms with Gasteiger partial charge in [0.25, 0.3) is 5.91 Å². The maximum absolute atomic E-state index is 13.1. The van der Waals surface area contributed by atoms with Crippen molar-refractivity contribution in [2.45, 2.75) is 27.3 Å². The van der Waals surface area contributed by atoms with E-state index in [0.717, 1.165) is 26.9 Å². The van der Waals surface area contributed by atoms with E-state index in [0.29, 0.717) is 12.2 Å². The molecule has 0 radical (unpaired) electrons. The lowest BCUT2D eigenvalue weighted by molar-refractivity contribution is 0.102. The Bertz CT molecular complexity index is 1370. The summed E-state index contributed by atoms with van der Waals surface area (Å²) in [5.41, 5.74) is 4.39. The largest absolute Gasteiger partial charge is 0.505 e. The van der Waals surface area contributed by atoms with Crippen LogP contribution in [0.3, 0.4) is 0 Å². The fourth-order valence-electron chi connectivity index (χ4n) is 3.73. The summed E-state index contributed by atoms with van der Waals surface area (Å²) in [7, 11) is 1.89. The van der Waals surface area contributed by atoms with E-state index in [9.17, 15) is 9.90 Å². The number of fused-ring (bicyclic) bond motifs is 1. The molecule has 4 rings (SSSR count). The number of rotatable bonds is 6. The maximum Gasteiger partial charge on any atom is 0.259 e. The Morgan fingerprint density at radius 2 is 1.82 bits per heavy atom. The molecule has 0 fully saturated rings. The van der Waals surface area contributed by atoms with Crippen molar-refractivity contribution in [2.24, 2.45) is 10.2 Å². The van der Waals surface area contributed by atoms with E-state index in [1.807, 2.05) is 62.5 Å². The zero-order chi connectivity index (χ0) is 23.5. The molecule has 0 spiro atoms. The van der Waals surface area contributed by atoms with Gasteiger partial charge < -0.3 is 15.7 Å². The number of amides is 1. The van der Waals surface area contributed by atoms with Crippen LogP contribution in [-0.2, 0) is 6.54 Å². The lowest BCUT2D eigenvalue weighted by Crippen LogP contribution is -2.12. The SMILES string of the molecule is CNCc1c(/N=N/c2c(O)c(C(=O)Nc3cccc(C)c3)cc3ccccc23)sc(C)c1C. The summed E-state index contributed by atoms with van der Waals surface area (Å²) in [6.45, 7) is 6.76. The number of phenols is 1. The number of carbonyl (C=O) groups excluding carboxylic acids is 1. The van der Waals surface area contributed by atoms with Crippen LogP contribution in [0.4, 0.5) is 16.4 Å². The average Bonchev–Trinajstić information content (AvgIpc) is 3.06. The summed E-state index contributed by atoms with van der Waals surface area (Å²) >= 11 is 1.56. The van der Waals surface area contributed by atoms with Gasteiger partial charge in [-0.2, -0.15) is 0 Å². The maximum atomic E-state index is 13.1. The molecule has 1 amide bonds. The van der Waals surface area contributed by atoms with Crippen molar-refractivity contribution in [3.05, 3.63) is 81.7 Å². The molecule has 1 aromatic heterocycles. The second kappa shape index (κ2) is 9.52. The third-order valence-electron chi connectivity index (χ3n) is 5.60. The highest BCUT2D eigenvalue weighted by atomic mass is 32.1. The second-order valence-corrected chi connectivity index (χ2v) is 9.17. The van der Waals surface area contributed by atoms with Crippen molar-refractivity contribution in [3.8, 4) is 5.75 Å². The van der Waals surface area contributed by atoms with Crippen molar-refractivity contribution in [1.82, 2.24) is 5.32 Å². The van der Waals surface area contributed by atoms with E-state index >= 15 is 0 Å². The summed E-state index contributed by atoms with van der Waals surface area (Å²) in [6.07, 6.45) is 0. The van der Waals surface area contributed by atoms with Crippen LogP contribution < -0.4 is 10.6 Å². The summed E-state index contributed by atoms with van der Waals surface area (Å²) in [5, 5.41) is 28.4. The standard InChI is InChI=1S/C26H26N4O2S/c1-15-8-7-10-19(12-15)28-25(32)21-13-18-9-5-6-11-20(18)23(24(21)31)29-30-26-22(14-27-4)16(2)17(3)33-26/h5-13,27,31H,14H2,1-4H3,(H,28,32)/b30-29+. The van der Waals surface area contributed by atoms with Crippen molar-refractivity contribution >= 4 is 44.4 Å². The highest BCUT2D eigenvalue weighted by molar-refractivity contribution is 7.16. The normalized spacial score (nSPS) is 11.4. The van der Waals surface area contributed by atoms with Gasteiger partial charge in [0.2, 0.25) is 0 Å². The van der Waals surface area contributed by atoms with E-state index < -0.39 is 5.91 Å². The molecule has 0 saturated carbocycles. The minimum atomic E-state index is -0.404. The zero-order valence-corrected chi connectivity index (χ0v) is 19.9. The summed E-state index contributed by atoms with van der Waals surface area (Å²) < 4.78 is 0. The van der Waals surface area contributed by atoms with Gasteiger partial charge in [-0.05, 0) is 62.5 Å². The summed E-state index contributed by atoms with van der Waals surface area (Å²) in [5.74, 6) is -0.596. The van der Waals surface area contributed by atoms with Gasteiger partial charge in [0.1, 0.15) is 10.7 Å². The Kier molecular flexibility index (Phi) is 6.53. The van der Waals surface area contributed by atoms with Gasteiger partial charge in [-0.1, -0.05) is 36.4 Å². The first kappa shape index (κ1) is 22.6. The molecular formula is C26H26N4O2S. The molecule has 0 unspecified atom stereocenters. The average molecular weight is 459 g/mol. The molecule has 0 aliphatic heterocycles. The fourth-order valence-corrected chi connectivity index (χ4v) is 4.73. The molecule has 168 valence electrons. The lowest BCUT2D eigenvalue weighted by Gasteiger charge is -2.11. The zero-order valence-electron chi connectivity index (χ0n) is 19.1. The Hall–Kier alpha value is -3.55. The number of benzene rings is 3. The van der Waals surface area contributed by atoms with Gasteiger partial charge >= 0.3 is 0 Å². The van der Waals surface area contributed by atoms with Crippen molar-refractivity contribution in [1.29, 1.82) is 0 Å². The molecule has 0 bridgehead atoms. The van der Waals surface area contributed by atoms with E-state index in [2.05, 4.69) is 34.7 Å². The number of thiophene rings is 1. The molecule has 0 saturated heterocycles. The second-order valence-electron chi connectivity index (χ2n) is 7.96. The quantitative estimate of drug-likeness (QED) is 0.274. The lowest BCUT2D eigenvalue weighted by atomic mass is 10.0. The molecule has 6 nitrogen and oxygen atoms in total. The number of hydrogen-bond acceptors (Lipinski definition) is 6. The van der Waals surface area contributed by atoms with Crippen LogP contribution in [0.25, 0.3) is 10.8 Å². The van der Waals surface area contributed by atoms with Crippen LogP contribution in [0.15, 0.2) is 64.8 Å². The number of aryl methyl sites for hydroxylation is 2. The molecule has 7 heteroatoms. The van der Waals surface area contributed by atoms with Gasteiger partial charge in [-0.15, -0.1) is 21.6 Å². The number of phenolic OH excluding ortho intramolecular Hbond substituents is 1. The Morgan fingerprint density at radius 3 is 2.58 bits per heavy atom. The number of carbonyl (C=O) groups is 1. The first-order valence-corrected chi connectivity index (χ1v) is 11.5. The number of nitrogens with one attached hydrogen (secondary N) is 2.